The van der Waals surface area contributed by atoms with Crippen LogP contribution in [0, 0.1) is 0 Å². The number of pyridine rings is 1. The number of esters is 1. The van der Waals surface area contributed by atoms with Gasteiger partial charge in [-0.3, -0.25) is 0 Å². The molecule has 0 amide bonds. The van der Waals surface area contributed by atoms with Gasteiger partial charge in [-0.1, -0.05) is 0 Å². The Morgan fingerprint density at radius 1 is 1.00 bits per heavy atom. The molecular weight excluding hydrogens is 330 g/mol. The van der Waals surface area contributed by atoms with Crippen LogP contribution in [0.15, 0.2) is 41.6 Å². The molecule has 0 unspecified atom stereocenters. The molecule has 0 fully saturated rings. The molecule has 8 heteroatoms. The third-order valence-corrected chi connectivity index (χ3v) is 3.05. The van der Waals surface area contributed by atoms with E-state index in [0.717, 1.165) is 0 Å². The maximum absolute atomic E-state index is 12.2. The molecule has 1 aromatic rings. The fourth-order valence-electron chi connectivity index (χ4n) is 1.46. The smallest absolute Gasteiger partial charge is 0.339 e. The highest BCUT2D eigenvalue weighted by molar-refractivity contribution is 5.89. The Kier molecular flexibility index (Phi) is 7.94. The number of ether oxygens (including phenoxy) is 2. The highest BCUT2D eigenvalue weighted by Gasteiger charge is 2.09. The first-order valence-electron chi connectivity index (χ1n) is 7.08. The van der Waals surface area contributed by atoms with E-state index in [0.29, 0.717) is 0 Å². The topological polar surface area (TPSA) is 48.4 Å². The van der Waals surface area contributed by atoms with Gasteiger partial charge in [0.15, 0.2) is 0 Å². The van der Waals surface area contributed by atoms with E-state index in [1.54, 1.807) is 0 Å². The average Bonchev–Trinajstić information content (AvgIpc) is 2.54. The van der Waals surface area contributed by atoms with Crippen molar-refractivity contribution in [3.8, 4) is 5.88 Å². The fraction of sp³-hybridized carbons (Fsp3) is 0.375. The van der Waals surface area contributed by atoms with Gasteiger partial charge in [-0.2, -0.15) is 17.6 Å². The van der Waals surface area contributed by atoms with Gasteiger partial charge >= 0.3 is 5.97 Å². The zero-order chi connectivity index (χ0) is 18.1. The van der Waals surface area contributed by atoms with Gasteiger partial charge in [0.2, 0.25) is 5.88 Å². The number of halogens is 4. The minimum atomic E-state index is -1.79. The molecule has 0 atom stereocenters. The van der Waals surface area contributed by atoms with Crippen LogP contribution in [-0.4, -0.2) is 24.2 Å². The molecule has 0 bridgehead atoms. The van der Waals surface area contributed by atoms with E-state index in [2.05, 4.69) is 4.98 Å². The fourth-order valence-corrected chi connectivity index (χ4v) is 1.46. The molecule has 0 saturated heterocycles. The predicted octanol–water partition coefficient (Wildman–Crippen LogP) is 4.74. The molecule has 1 rings (SSSR count). The Labute approximate surface area is 136 Å². The number of rotatable bonds is 8. The summed E-state index contributed by atoms with van der Waals surface area (Å²) in [5, 5.41) is 0. The molecule has 0 saturated carbocycles. The predicted molar refractivity (Wildman–Crippen MR) is 79.1 cm³/mol. The van der Waals surface area contributed by atoms with Crippen molar-refractivity contribution in [3.05, 3.63) is 47.2 Å². The third kappa shape index (κ3) is 6.80. The average molecular weight is 347 g/mol. The molecule has 0 aliphatic carbocycles. The molecule has 1 heterocycles. The zero-order valence-electron chi connectivity index (χ0n) is 13.2. The second-order valence-corrected chi connectivity index (χ2v) is 4.95. The normalized spacial score (nSPS) is 10.1. The minimum Gasteiger partial charge on any atom is -0.477 e. The van der Waals surface area contributed by atoms with Crippen molar-refractivity contribution in [2.24, 2.45) is 0 Å². The molecule has 0 radical (unpaired) electrons. The van der Waals surface area contributed by atoms with Gasteiger partial charge < -0.3 is 9.47 Å². The van der Waals surface area contributed by atoms with Crippen molar-refractivity contribution in [2.45, 2.75) is 26.7 Å². The van der Waals surface area contributed by atoms with Crippen LogP contribution in [-0.2, 0) is 4.74 Å². The summed E-state index contributed by atoms with van der Waals surface area (Å²) in [5.41, 5.74) is -0.0708. The molecule has 0 spiro atoms. The molecule has 0 aliphatic rings. The Bertz CT molecular complexity index is 619. The lowest BCUT2D eigenvalue weighted by Gasteiger charge is -2.07. The van der Waals surface area contributed by atoms with Crippen LogP contribution in [0.5, 0.6) is 5.88 Å². The SMILES string of the molecule is CC(CCOC(=O)c1ccc(OCCC(C)=C(F)F)nc1)=C(F)F. The summed E-state index contributed by atoms with van der Waals surface area (Å²) >= 11 is 0. The van der Waals surface area contributed by atoms with E-state index in [1.807, 2.05) is 0 Å². The molecule has 4 nitrogen and oxygen atoms in total. The van der Waals surface area contributed by atoms with Crippen LogP contribution in [0.1, 0.15) is 37.0 Å². The Morgan fingerprint density at radius 2 is 1.58 bits per heavy atom. The van der Waals surface area contributed by atoms with Crippen LogP contribution >= 0.6 is 0 Å². The van der Waals surface area contributed by atoms with Crippen molar-refractivity contribution in [3.63, 3.8) is 0 Å². The minimum absolute atomic E-state index is 0.0281. The summed E-state index contributed by atoms with van der Waals surface area (Å²) < 4.78 is 58.8. The first kappa shape index (κ1) is 19.7. The number of aromatic nitrogens is 1. The van der Waals surface area contributed by atoms with E-state index in [-0.39, 0.29) is 48.6 Å². The standard InChI is InChI=1S/C16H17F4NO3/c1-10(14(17)18)5-7-23-13-4-3-12(9-21-13)16(22)24-8-6-11(2)15(19)20/h3-4,9H,5-8H2,1-2H3. The first-order valence-corrected chi connectivity index (χ1v) is 7.08. The monoisotopic (exact) mass is 347 g/mol. The van der Waals surface area contributed by atoms with Gasteiger partial charge in [0.1, 0.15) is 0 Å². The Balaban J connectivity index is 2.45. The van der Waals surface area contributed by atoms with Crippen molar-refractivity contribution in [2.75, 3.05) is 13.2 Å². The van der Waals surface area contributed by atoms with Crippen LogP contribution in [0.4, 0.5) is 17.6 Å². The summed E-state index contributed by atoms with van der Waals surface area (Å²) in [6.45, 7) is 2.42. The third-order valence-electron chi connectivity index (χ3n) is 3.05. The van der Waals surface area contributed by atoms with Crippen LogP contribution in [0.25, 0.3) is 0 Å². The maximum Gasteiger partial charge on any atom is 0.339 e. The highest BCUT2D eigenvalue weighted by atomic mass is 19.3. The van der Waals surface area contributed by atoms with Crippen molar-refractivity contribution in [1.82, 2.24) is 4.98 Å². The largest absolute Gasteiger partial charge is 0.477 e. The first-order chi connectivity index (χ1) is 11.3. The van der Waals surface area contributed by atoms with Crippen LogP contribution in [0.3, 0.4) is 0 Å². The van der Waals surface area contributed by atoms with Gasteiger partial charge in [-0.15, -0.1) is 0 Å². The van der Waals surface area contributed by atoms with E-state index >= 15 is 0 Å². The summed E-state index contributed by atoms with van der Waals surface area (Å²) in [6.07, 6.45) is -2.31. The lowest BCUT2D eigenvalue weighted by molar-refractivity contribution is 0.0507. The van der Waals surface area contributed by atoms with Crippen LogP contribution < -0.4 is 4.74 Å². The quantitative estimate of drug-likeness (QED) is 0.503. The van der Waals surface area contributed by atoms with E-state index in [1.165, 1.54) is 32.2 Å². The highest BCUT2D eigenvalue weighted by Crippen LogP contribution is 2.14. The van der Waals surface area contributed by atoms with Gasteiger partial charge in [0, 0.05) is 25.1 Å². The lowest BCUT2D eigenvalue weighted by Crippen LogP contribution is -2.08. The second kappa shape index (κ2) is 9.69. The number of carbonyl (C=O) groups is 1. The van der Waals surface area contributed by atoms with E-state index in [9.17, 15) is 22.4 Å². The molecule has 24 heavy (non-hydrogen) atoms. The van der Waals surface area contributed by atoms with Gasteiger partial charge in [-0.25, -0.2) is 9.78 Å². The summed E-state index contributed by atoms with van der Waals surface area (Å²) in [6, 6.07) is 2.79. The summed E-state index contributed by atoms with van der Waals surface area (Å²) in [4.78, 5) is 15.5. The zero-order valence-corrected chi connectivity index (χ0v) is 13.2. The Hall–Kier alpha value is -2.38. The molecule has 0 aliphatic heterocycles. The van der Waals surface area contributed by atoms with E-state index < -0.39 is 18.1 Å². The maximum atomic E-state index is 12.2. The molecule has 0 N–H and O–H groups in total. The number of carbonyl (C=O) groups excluding carboxylic acids is 1. The van der Waals surface area contributed by atoms with Crippen molar-refractivity contribution < 1.29 is 31.8 Å². The van der Waals surface area contributed by atoms with Crippen molar-refractivity contribution in [1.29, 1.82) is 0 Å². The number of nitrogens with zero attached hydrogens (tertiary/aromatic N) is 1. The van der Waals surface area contributed by atoms with Gasteiger partial charge in [0.25, 0.3) is 12.2 Å². The Morgan fingerprint density at radius 3 is 2.08 bits per heavy atom. The molecule has 0 aromatic carbocycles. The second-order valence-electron chi connectivity index (χ2n) is 4.95. The molecule has 1 aromatic heterocycles. The summed E-state index contributed by atoms with van der Waals surface area (Å²) in [7, 11) is 0. The molecular formula is C16H17F4NO3. The van der Waals surface area contributed by atoms with Gasteiger partial charge in [-0.05, 0) is 31.1 Å². The number of hydrogen-bond donors (Lipinski definition) is 0. The van der Waals surface area contributed by atoms with E-state index in [4.69, 9.17) is 9.47 Å². The summed E-state index contributed by atoms with van der Waals surface area (Å²) in [5.74, 6) is -0.517. The molecule has 132 valence electrons. The number of hydrogen-bond acceptors (Lipinski definition) is 4. The van der Waals surface area contributed by atoms with Gasteiger partial charge in [0.05, 0.1) is 18.8 Å². The van der Waals surface area contributed by atoms with Crippen molar-refractivity contribution >= 4 is 5.97 Å². The lowest BCUT2D eigenvalue weighted by atomic mass is 10.2. The van der Waals surface area contributed by atoms with Crippen LogP contribution in [0.2, 0.25) is 0 Å².